The highest BCUT2D eigenvalue weighted by atomic mass is 79.9. The molecule has 0 saturated carbocycles. The number of halogens is 1. The van der Waals surface area contributed by atoms with Crippen LogP contribution >= 0.6 is 27.3 Å². The van der Waals surface area contributed by atoms with Gasteiger partial charge in [-0.2, -0.15) is 5.26 Å². The molecule has 1 aliphatic rings. The second-order valence-corrected chi connectivity index (χ2v) is 7.69. The Morgan fingerprint density at radius 3 is 2.75 bits per heavy atom. The molecule has 24 heavy (non-hydrogen) atoms. The molecule has 0 radical (unpaired) electrons. The van der Waals surface area contributed by atoms with Crippen molar-refractivity contribution < 1.29 is 9.15 Å². The lowest BCUT2D eigenvalue weighted by Gasteiger charge is -2.24. The largest absolute Gasteiger partial charge is 0.439 e. The van der Waals surface area contributed by atoms with E-state index in [1.54, 1.807) is 18.2 Å². The molecule has 1 aliphatic heterocycles. The van der Waals surface area contributed by atoms with E-state index < -0.39 is 11.5 Å². The van der Waals surface area contributed by atoms with Crippen LogP contribution in [0.2, 0.25) is 0 Å². The van der Waals surface area contributed by atoms with Gasteiger partial charge in [-0.05, 0) is 40.2 Å². The van der Waals surface area contributed by atoms with Crippen LogP contribution in [-0.4, -0.2) is 0 Å². The summed E-state index contributed by atoms with van der Waals surface area (Å²) in [5.41, 5.74) is 6.37. The molecule has 3 heterocycles. The van der Waals surface area contributed by atoms with Crippen molar-refractivity contribution in [3.63, 3.8) is 0 Å². The Kier molecular flexibility index (Phi) is 3.44. The summed E-state index contributed by atoms with van der Waals surface area (Å²) in [6.07, 6.45) is 0. The number of para-hydroxylation sites is 1. The van der Waals surface area contributed by atoms with Crippen LogP contribution in [0.5, 0.6) is 5.75 Å². The van der Waals surface area contributed by atoms with Crippen molar-refractivity contribution in [1.82, 2.24) is 0 Å². The molecular weight excluding hydrogens is 392 g/mol. The third-order valence-electron chi connectivity index (χ3n) is 3.85. The summed E-state index contributed by atoms with van der Waals surface area (Å²) in [6, 6.07) is 12.9. The van der Waals surface area contributed by atoms with Gasteiger partial charge in [0.25, 0.3) is 0 Å². The standard InChI is InChI=1S/C17H9BrN2O3S/c18-12-6-5-11(24-12)13-9(7-19)16(20)23-15-8-3-1-2-4-10(8)22-17(21)14(13)15/h1-6,13H,20H2/t13-/m0/s1. The number of nitrogens with zero attached hydrogens (tertiary/aromatic N) is 1. The molecule has 0 aliphatic carbocycles. The highest BCUT2D eigenvalue weighted by Crippen LogP contribution is 2.45. The molecule has 7 heteroatoms. The Morgan fingerprint density at radius 2 is 2.04 bits per heavy atom. The van der Waals surface area contributed by atoms with E-state index in [0.29, 0.717) is 22.3 Å². The van der Waals surface area contributed by atoms with Crippen molar-refractivity contribution in [1.29, 1.82) is 5.26 Å². The van der Waals surface area contributed by atoms with Crippen LogP contribution in [0.15, 0.2) is 60.9 Å². The zero-order chi connectivity index (χ0) is 16.8. The normalized spacial score (nSPS) is 16.6. The van der Waals surface area contributed by atoms with Gasteiger partial charge in [-0.3, -0.25) is 0 Å². The van der Waals surface area contributed by atoms with E-state index in [1.165, 1.54) is 11.3 Å². The minimum absolute atomic E-state index is 0.00951. The van der Waals surface area contributed by atoms with Crippen LogP contribution < -0.4 is 16.1 Å². The minimum Gasteiger partial charge on any atom is -0.439 e. The van der Waals surface area contributed by atoms with Crippen LogP contribution in [0.1, 0.15) is 16.4 Å². The summed E-state index contributed by atoms with van der Waals surface area (Å²) >= 11 is 4.84. The fourth-order valence-electron chi connectivity index (χ4n) is 2.83. The van der Waals surface area contributed by atoms with Gasteiger partial charge in [-0.15, -0.1) is 11.3 Å². The predicted molar refractivity (Wildman–Crippen MR) is 93.8 cm³/mol. The van der Waals surface area contributed by atoms with Crippen LogP contribution in [0.3, 0.4) is 0 Å². The predicted octanol–water partition coefficient (Wildman–Crippen LogP) is 3.84. The van der Waals surface area contributed by atoms with E-state index in [9.17, 15) is 10.1 Å². The maximum Gasteiger partial charge on any atom is 0.344 e. The van der Waals surface area contributed by atoms with Gasteiger partial charge < -0.3 is 14.9 Å². The van der Waals surface area contributed by atoms with Gasteiger partial charge in [0.2, 0.25) is 5.88 Å². The molecule has 1 atom stereocenters. The quantitative estimate of drug-likeness (QED) is 0.626. The van der Waals surface area contributed by atoms with Crippen LogP contribution in [-0.2, 0) is 0 Å². The van der Waals surface area contributed by atoms with Gasteiger partial charge in [0.05, 0.1) is 20.7 Å². The molecule has 0 bridgehead atoms. The van der Waals surface area contributed by atoms with Gasteiger partial charge in [0, 0.05) is 4.88 Å². The van der Waals surface area contributed by atoms with E-state index in [4.69, 9.17) is 14.9 Å². The van der Waals surface area contributed by atoms with E-state index in [2.05, 4.69) is 22.0 Å². The average Bonchev–Trinajstić information content (AvgIpc) is 3.00. The topological polar surface area (TPSA) is 89.3 Å². The molecule has 5 nitrogen and oxygen atoms in total. The lowest BCUT2D eigenvalue weighted by molar-refractivity contribution is 0.388. The van der Waals surface area contributed by atoms with E-state index in [1.807, 2.05) is 18.2 Å². The first-order chi connectivity index (χ1) is 11.6. The van der Waals surface area contributed by atoms with Gasteiger partial charge in [-0.25, -0.2) is 4.79 Å². The molecular formula is C17H9BrN2O3S. The fraction of sp³-hybridized carbons (Fsp3) is 0.0588. The summed E-state index contributed by atoms with van der Waals surface area (Å²) in [4.78, 5) is 13.4. The van der Waals surface area contributed by atoms with Crippen molar-refractivity contribution in [3.05, 3.63) is 72.5 Å². The van der Waals surface area contributed by atoms with Gasteiger partial charge in [0.1, 0.15) is 17.2 Å². The average molecular weight is 401 g/mol. The molecule has 0 saturated heterocycles. The van der Waals surface area contributed by atoms with E-state index in [0.717, 1.165) is 8.66 Å². The highest BCUT2D eigenvalue weighted by Gasteiger charge is 2.36. The van der Waals surface area contributed by atoms with Crippen molar-refractivity contribution in [2.75, 3.05) is 0 Å². The number of allylic oxidation sites excluding steroid dienone is 1. The Bertz CT molecular complexity index is 1110. The molecule has 2 N–H and O–H groups in total. The zero-order valence-corrected chi connectivity index (χ0v) is 14.5. The summed E-state index contributed by atoms with van der Waals surface area (Å²) in [6.45, 7) is 0. The lowest BCUT2D eigenvalue weighted by Crippen LogP contribution is -2.25. The molecule has 1 aromatic carbocycles. The molecule has 0 spiro atoms. The summed E-state index contributed by atoms with van der Waals surface area (Å²) in [7, 11) is 0. The third kappa shape index (κ3) is 2.15. The number of rotatable bonds is 1. The molecule has 118 valence electrons. The summed E-state index contributed by atoms with van der Waals surface area (Å²) < 4.78 is 12.0. The zero-order valence-electron chi connectivity index (χ0n) is 12.1. The number of hydrogen-bond acceptors (Lipinski definition) is 6. The number of nitriles is 1. The molecule has 0 fully saturated rings. The van der Waals surface area contributed by atoms with Gasteiger partial charge >= 0.3 is 5.63 Å². The minimum atomic E-state index is -0.601. The monoisotopic (exact) mass is 400 g/mol. The Hall–Kier alpha value is -2.56. The van der Waals surface area contributed by atoms with Crippen molar-refractivity contribution in [3.8, 4) is 11.8 Å². The molecule has 3 aromatic rings. The van der Waals surface area contributed by atoms with Crippen LogP contribution in [0, 0.1) is 11.3 Å². The Morgan fingerprint density at radius 1 is 1.25 bits per heavy atom. The number of nitrogens with two attached hydrogens (primary N) is 1. The maximum absolute atomic E-state index is 12.6. The molecule has 0 amide bonds. The van der Waals surface area contributed by atoms with Crippen molar-refractivity contribution in [2.24, 2.45) is 5.73 Å². The fourth-order valence-corrected chi connectivity index (χ4v) is 4.38. The lowest BCUT2D eigenvalue weighted by atomic mass is 9.88. The van der Waals surface area contributed by atoms with E-state index >= 15 is 0 Å². The second-order valence-electron chi connectivity index (χ2n) is 5.20. The molecule has 0 unspecified atom stereocenters. The molecule has 4 rings (SSSR count). The Labute approximate surface area is 148 Å². The van der Waals surface area contributed by atoms with Crippen LogP contribution in [0.4, 0.5) is 0 Å². The van der Waals surface area contributed by atoms with Crippen LogP contribution in [0.25, 0.3) is 11.0 Å². The number of fused-ring (bicyclic) bond motifs is 3. The highest BCUT2D eigenvalue weighted by molar-refractivity contribution is 9.11. The van der Waals surface area contributed by atoms with Gasteiger partial charge in [-0.1, -0.05) is 12.1 Å². The first kappa shape index (κ1) is 15.0. The number of thiophene rings is 1. The second kappa shape index (κ2) is 5.51. The maximum atomic E-state index is 12.6. The summed E-state index contributed by atoms with van der Waals surface area (Å²) in [5, 5.41) is 10.2. The van der Waals surface area contributed by atoms with E-state index in [-0.39, 0.29) is 11.5 Å². The Balaban J connectivity index is 2.10. The number of benzene rings is 1. The first-order valence-corrected chi connectivity index (χ1v) is 8.59. The van der Waals surface area contributed by atoms with Gasteiger partial charge in [0.15, 0.2) is 5.75 Å². The first-order valence-electron chi connectivity index (χ1n) is 6.98. The van der Waals surface area contributed by atoms with Crippen molar-refractivity contribution in [2.45, 2.75) is 5.92 Å². The SMILES string of the molecule is N#CC1=C(N)Oc2c(c(=O)oc3ccccc23)[C@@H]1c1ccc(Br)s1. The number of hydrogen-bond donors (Lipinski definition) is 1. The summed E-state index contributed by atoms with van der Waals surface area (Å²) in [5.74, 6) is -0.237. The third-order valence-corrected chi connectivity index (χ3v) is 5.54. The molecule has 2 aromatic heterocycles. The smallest absolute Gasteiger partial charge is 0.344 e. The number of ether oxygens (including phenoxy) is 1. The van der Waals surface area contributed by atoms with Crippen molar-refractivity contribution >= 4 is 38.2 Å².